The van der Waals surface area contributed by atoms with Crippen molar-refractivity contribution in [1.29, 1.82) is 0 Å². The zero-order chi connectivity index (χ0) is 13.8. The minimum atomic E-state index is -0.164. The van der Waals surface area contributed by atoms with E-state index in [4.69, 9.17) is 5.73 Å². The second-order valence-electron chi connectivity index (χ2n) is 5.35. The Balaban J connectivity index is 1.84. The molecule has 19 heavy (non-hydrogen) atoms. The normalized spacial score (nSPS) is 24.7. The topological polar surface area (TPSA) is 50.4 Å². The largest absolute Gasteiger partial charge is 0.370 e. The molecule has 0 amide bonds. The Morgan fingerprint density at radius 3 is 2.89 bits per heavy atom. The van der Waals surface area contributed by atoms with Crippen molar-refractivity contribution in [3.8, 4) is 0 Å². The van der Waals surface area contributed by atoms with Gasteiger partial charge in [-0.05, 0) is 49.8 Å². The molecule has 1 aliphatic rings. The van der Waals surface area contributed by atoms with Crippen LogP contribution in [0.15, 0.2) is 29.3 Å². The van der Waals surface area contributed by atoms with Gasteiger partial charge in [0.1, 0.15) is 5.82 Å². The molecule has 3 N–H and O–H groups in total. The van der Waals surface area contributed by atoms with Crippen LogP contribution in [-0.2, 0) is 0 Å². The van der Waals surface area contributed by atoms with Gasteiger partial charge in [-0.2, -0.15) is 0 Å². The van der Waals surface area contributed by atoms with Gasteiger partial charge < -0.3 is 11.1 Å². The predicted molar refractivity (Wildman–Crippen MR) is 76.7 cm³/mol. The number of hydrogen-bond acceptors (Lipinski definition) is 1. The number of nitrogens with one attached hydrogen (secondary N) is 1. The van der Waals surface area contributed by atoms with Crippen LogP contribution in [0, 0.1) is 5.82 Å². The molecule has 0 spiro atoms. The van der Waals surface area contributed by atoms with E-state index in [1.807, 2.05) is 6.07 Å². The lowest BCUT2D eigenvalue weighted by atomic mass is 9.76. The quantitative estimate of drug-likeness (QED) is 0.648. The lowest BCUT2D eigenvalue weighted by molar-refractivity contribution is 0.351. The maximum atomic E-state index is 13.1. The van der Waals surface area contributed by atoms with Crippen molar-refractivity contribution in [2.45, 2.75) is 51.1 Å². The van der Waals surface area contributed by atoms with E-state index in [1.165, 1.54) is 6.07 Å². The Labute approximate surface area is 114 Å². The molecular weight excluding hydrogens is 241 g/mol. The van der Waals surface area contributed by atoms with E-state index in [0.29, 0.717) is 17.9 Å². The van der Waals surface area contributed by atoms with Crippen LogP contribution in [0.25, 0.3) is 0 Å². The molecule has 1 unspecified atom stereocenters. The number of aliphatic imine (C=N–C) groups is 1. The minimum absolute atomic E-state index is 0.164. The first kappa shape index (κ1) is 13.8. The van der Waals surface area contributed by atoms with Crippen LogP contribution in [0.1, 0.15) is 44.6 Å². The molecule has 1 saturated carbocycles. The first-order valence-electron chi connectivity index (χ1n) is 6.93. The SMILES string of the molecule is CCC(C)NC(N)=NC1CC(c2cccc(F)c2)C1. The summed E-state index contributed by atoms with van der Waals surface area (Å²) < 4.78 is 13.1. The van der Waals surface area contributed by atoms with Crippen LogP contribution >= 0.6 is 0 Å². The summed E-state index contributed by atoms with van der Waals surface area (Å²) in [4.78, 5) is 4.46. The minimum Gasteiger partial charge on any atom is -0.370 e. The fraction of sp³-hybridized carbons (Fsp3) is 0.533. The van der Waals surface area contributed by atoms with Gasteiger partial charge in [-0.3, -0.25) is 4.99 Å². The van der Waals surface area contributed by atoms with Crippen LogP contribution in [0.2, 0.25) is 0 Å². The molecule has 104 valence electrons. The summed E-state index contributed by atoms with van der Waals surface area (Å²) in [6.07, 6.45) is 2.92. The highest BCUT2D eigenvalue weighted by Gasteiger charge is 2.30. The van der Waals surface area contributed by atoms with E-state index >= 15 is 0 Å². The van der Waals surface area contributed by atoms with E-state index in [-0.39, 0.29) is 11.9 Å². The molecule has 2 rings (SSSR count). The van der Waals surface area contributed by atoms with Gasteiger partial charge in [-0.15, -0.1) is 0 Å². The first-order chi connectivity index (χ1) is 9.08. The Morgan fingerprint density at radius 1 is 1.53 bits per heavy atom. The van der Waals surface area contributed by atoms with E-state index in [2.05, 4.69) is 24.2 Å². The lowest BCUT2D eigenvalue weighted by Crippen LogP contribution is -2.40. The van der Waals surface area contributed by atoms with Crippen molar-refractivity contribution in [3.63, 3.8) is 0 Å². The Kier molecular flexibility index (Phi) is 4.40. The lowest BCUT2D eigenvalue weighted by Gasteiger charge is -2.33. The molecule has 1 atom stereocenters. The molecule has 0 aliphatic heterocycles. The monoisotopic (exact) mass is 263 g/mol. The molecule has 0 bridgehead atoms. The van der Waals surface area contributed by atoms with Crippen molar-refractivity contribution in [2.24, 2.45) is 10.7 Å². The maximum absolute atomic E-state index is 13.1. The smallest absolute Gasteiger partial charge is 0.189 e. The number of nitrogens with zero attached hydrogens (tertiary/aromatic N) is 1. The van der Waals surface area contributed by atoms with Crippen LogP contribution in [0.4, 0.5) is 4.39 Å². The molecule has 0 radical (unpaired) electrons. The van der Waals surface area contributed by atoms with Crippen molar-refractivity contribution in [2.75, 3.05) is 0 Å². The molecular formula is C15H22FN3. The summed E-state index contributed by atoms with van der Waals surface area (Å²) in [5.74, 6) is 0.778. The zero-order valence-electron chi connectivity index (χ0n) is 11.6. The third-order valence-corrected chi connectivity index (χ3v) is 3.76. The molecule has 0 saturated heterocycles. The summed E-state index contributed by atoms with van der Waals surface area (Å²) in [6.45, 7) is 4.19. The Hall–Kier alpha value is -1.58. The maximum Gasteiger partial charge on any atom is 0.189 e. The number of nitrogens with two attached hydrogens (primary N) is 1. The highest BCUT2D eigenvalue weighted by molar-refractivity contribution is 5.78. The Morgan fingerprint density at radius 2 is 2.26 bits per heavy atom. The van der Waals surface area contributed by atoms with Crippen molar-refractivity contribution >= 4 is 5.96 Å². The van der Waals surface area contributed by atoms with Gasteiger partial charge in [-0.25, -0.2) is 4.39 Å². The van der Waals surface area contributed by atoms with E-state index in [1.54, 1.807) is 12.1 Å². The van der Waals surface area contributed by atoms with Crippen LogP contribution < -0.4 is 11.1 Å². The second-order valence-corrected chi connectivity index (χ2v) is 5.35. The van der Waals surface area contributed by atoms with Gasteiger partial charge in [0, 0.05) is 6.04 Å². The zero-order valence-corrected chi connectivity index (χ0v) is 11.6. The highest BCUT2D eigenvalue weighted by Crippen LogP contribution is 2.38. The fourth-order valence-electron chi connectivity index (χ4n) is 2.31. The standard InChI is InChI=1S/C15H22FN3/c1-3-10(2)18-15(17)19-14-8-12(9-14)11-5-4-6-13(16)7-11/h4-7,10,12,14H,3,8-9H2,1-2H3,(H3,17,18,19). The van der Waals surface area contributed by atoms with E-state index in [9.17, 15) is 4.39 Å². The molecule has 3 nitrogen and oxygen atoms in total. The van der Waals surface area contributed by atoms with Gasteiger partial charge in [-0.1, -0.05) is 19.1 Å². The average molecular weight is 263 g/mol. The van der Waals surface area contributed by atoms with Crippen molar-refractivity contribution in [1.82, 2.24) is 5.32 Å². The summed E-state index contributed by atoms with van der Waals surface area (Å²) in [5, 5.41) is 3.16. The summed E-state index contributed by atoms with van der Waals surface area (Å²) in [6, 6.07) is 7.46. The van der Waals surface area contributed by atoms with Gasteiger partial charge in [0.15, 0.2) is 5.96 Å². The Bertz CT molecular complexity index is 452. The van der Waals surface area contributed by atoms with E-state index in [0.717, 1.165) is 24.8 Å². The summed E-state index contributed by atoms with van der Waals surface area (Å²) >= 11 is 0. The van der Waals surface area contributed by atoms with Crippen molar-refractivity contribution in [3.05, 3.63) is 35.6 Å². The molecule has 4 heteroatoms. The first-order valence-corrected chi connectivity index (χ1v) is 6.93. The third kappa shape index (κ3) is 3.69. The van der Waals surface area contributed by atoms with Crippen LogP contribution in [-0.4, -0.2) is 18.0 Å². The molecule has 1 aromatic rings. The number of hydrogen-bond donors (Lipinski definition) is 2. The predicted octanol–water partition coefficient (Wildman–Crippen LogP) is 2.77. The highest BCUT2D eigenvalue weighted by atomic mass is 19.1. The molecule has 1 aliphatic carbocycles. The number of halogens is 1. The van der Waals surface area contributed by atoms with E-state index < -0.39 is 0 Å². The number of guanidine groups is 1. The van der Waals surface area contributed by atoms with Crippen molar-refractivity contribution < 1.29 is 4.39 Å². The molecule has 1 fully saturated rings. The third-order valence-electron chi connectivity index (χ3n) is 3.76. The second kappa shape index (κ2) is 6.04. The number of rotatable bonds is 4. The van der Waals surface area contributed by atoms with Gasteiger partial charge in [0.25, 0.3) is 0 Å². The van der Waals surface area contributed by atoms with Gasteiger partial charge >= 0.3 is 0 Å². The number of benzene rings is 1. The van der Waals surface area contributed by atoms with Crippen LogP contribution in [0.5, 0.6) is 0 Å². The average Bonchev–Trinajstić information content (AvgIpc) is 2.33. The summed E-state index contributed by atoms with van der Waals surface area (Å²) in [5.41, 5.74) is 6.92. The molecule has 0 aromatic heterocycles. The summed E-state index contributed by atoms with van der Waals surface area (Å²) in [7, 11) is 0. The van der Waals surface area contributed by atoms with Gasteiger partial charge in [0.05, 0.1) is 6.04 Å². The molecule has 1 aromatic carbocycles. The van der Waals surface area contributed by atoms with Crippen LogP contribution in [0.3, 0.4) is 0 Å². The van der Waals surface area contributed by atoms with Gasteiger partial charge in [0.2, 0.25) is 0 Å². The molecule has 0 heterocycles. The fourth-order valence-corrected chi connectivity index (χ4v) is 2.31.